The lowest BCUT2D eigenvalue weighted by atomic mass is 10.1. The van der Waals surface area contributed by atoms with E-state index in [-0.39, 0.29) is 12.1 Å². The van der Waals surface area contributed by atoms with E-state index in [4.69, 9.17) is 4.74 Å². The summed E-state index contributed by atoms with van der Waals surface area (Å²) < 4.78 is 8.55. The molecule has 1 aliphatic heterocycles. The van der Waals surface area contributed by atoms with Crippen LogP contribution in [0.4, 0.5) is 4.79 Å². The molecule has 0 radical (unpaired) electrons. The topological polar surface area (TPSA) is 58.3 Å². The molecule has 0 bridgehead atoms. The number of hydrogen-bond donors (Lipinski definition) is 0. The molecule has 2 heterocycles. The molecule has 1 atom stereocenters. The Bertz CT molecular complexity index is 858. The van der Waals surface area contributed by atoms with E-state index in [0.29, 0.717) is 18.7 Å². The molecule has 1 amide bonds. The van der Waals surface area contributed by atoms with Crippen molar-refractivity contribution >= 4 is 32.9 Å². The quantitative estimate of drug-likeness (QED) is 0.661. The van der Waals surface area contributed by atoms with Crippen molar-refractivity contribution in [2.45, 2.75) is 45.9 Å². The first-order chi connectivity index (χ1) is 11.2. The number of amides is 1. The molecular formula is C18H20BrN3O2. The number of nitrogens with zero attached hydrogens (tertiary/aromatic N) is 3. The first-order valence-corrected chi connectivity index (χ1v) is 8.70. The van der Waals surface area contributed by atoms with Crippen LogP contribution in [0.15, 0.2) is 22.7 Å². The van der Waals surface area contributed by atoms with Crippen molar-refractivity contribution in [1.82, 2.24) is 9.47 Å². The molecule has 0 spiro atoms. The predicted octanol–water partition coefficient (Wildman–Crippen LogP) is 4.59. The molecule has 0 N–H and O–H groups in total. The van der Waals surface area contributed by atoms with Crippen LogP contribution in [-0.4, -0.2) is 27.7 Å². The zero-order valence-corrected chi connectivity index (χ0v) is 15.8. The van der Waals surface area contributed by atoms with Gasteiger partial charge in [-0.2, -0.15) is 5.26 Å². The standard InChI is InChI=1S/C18H20BrN3O2/c1-11-9-21(17(23)24-18(2,3)4)10-15-7-12-5-14(19)6-13(8-20)16(12)22(11)15/h5-7,11H,9-10H2,1-4H3. The molecule has 2 aromatic rings. The van der Waals surface area contributed by atoms with Crippen molar-refractivity contribution in [2.24, 2.45) is 0 Å². The molecule has 1 aromatic carbocycles. The average Bonchev–Trinajstić information content (AvgIpc) is 2.82. The molecule has 0 saturated heterocycles. The van der Waals surface area contributed by atoms with E-state index in [1.807, 2.05) is 39.0 Å². The van der Waals surface area contributed by atoms with Gasteiger partial charge < -0.3 is 14.2 Å². The predicted molar refractivity (Wildman–Crippen MR) is 95.7 cm³/mol. The van der Waals surface area contributed by atoms with Crippen molar-refractivity contribution in [3.05, 3.63) is 33.9 Å². The molecule has 6 heteroatoms. The Kier molecular flexibility index (Phi) is 4.08. The van der Waals surface area contributed by atoms with E-state index >= 15 is 0 Å². The number of ether oxygens (including phenoxy) is 1. The lowest BCUT2D eigenvalue weighted by Crippen LogP contribution is -2.42. The second-order valence-corrected chi connectivity index (χ2v) is 8.13. The van der Waals surface area contributed by atoms with E-state index in [1.54, 1.807) is 4.90 Å². The van der Waals surface area contributed by atoms with Crippen LogP contribution in [0.2, 0.25) is 0 Å². The second kappa shape index (κ2) is 5.82. The molecule has 1 unspecified atom stereocenters. The van der Waals surface area contributed by atoms with Crippen LogP contribution in [0.3, 0.4) is 0 Å². The molecule has 1 aromatic heterocycles. The van der Waals surface area contributed by atoms with E-state index in [2.05, 4.69) is 33.5 Å². The van der Waals surface area contributed by atoms with Gasteiger partial charge in [-0.05, 0) is 45.9 Å². The van der Waals surface area contributed by atoms with E-state index < -0.39 is 5.60 Å². The van der Waals surface area contributed by atoms with Crippen LogP contribution in [0.1, 0.15) is 45.0 Å². The maximum Gasteiger partial charge on any atom is 0.410 e. The van der Waals surface area contributed by atoms with Gasteiger partial charge in [0.2, 0.25) is 0 Å². The molecular weight excluding hydrogens is 370 g/mol. The molecule has 0 saturated carbocycles. The minimum atomic E-state index is -0.511. The van der Waals surface area contributed by atoms with Crippen LogP contribution in [0, 0.1) is 11.3 Å². The third kappa shape index (κ3) is 3.01. The summed E-state index contributed by atoms with van der Waals surface area (Å²) in [4.78, 5) is 14.1. The van der Waals surface area contributed by atoms with Crippen molar-refractivity contribution < 1.29 is 9.53 Å². The normalized spacial score (nSPS) is 17.5. The summed E-state index contributed by atoms with van der Waals surface area (Å²) in [7, 11) is 0. The summed E-state index contributed by atoms with van der Waals surface area (Å²) in [5.41, 5.74) is 2.09. The van der Waals surface area contributed by atoms with Gasteiger partial charge in [-0.15, -0.1) is 0 Å². The molecule has 0 aliphatic carbocycles. The van der Waals surface area contributed by atoms with Gasteiger partial charge in [0, 0.05) is 28.1 Å². The summed E-state index contributed by atoms with van der Waals surface area (Å²) in [6.45, 7) is 8.70. The lowest BCUT2D eigenvalue weighted by Gasteiger charge is -2.35. The summed E-state index contributed by atoms with van der Waals surface area (Å²) in [5.74, 6) is 0. The first-order valence-electron chi connectivity index (χ1n) is 7.91. The van der Waals surface area contributed by atoms with Crippen LogP contribution >= 0.6 is 15.9 Å². The third-order valence-corrected chi connectivity index (χ3v) is 4.48. The number of carbonyl (C=O) groups excluding carboxylic acids is 1. The molecule has 24 heavy (non-hydrogen) atoms. The van der Waals surface area contributed by atoms with Gasteiger partial charge in [0.25, 0.3) is 0 Å². The van der Waals surface area contributed by atoms with Gasteiger partial charge in [-0.25, -0.2) is 4.79 Å². The summed E-state index contributed by atoms with van der Waals surface area (Å²) >= 11 is 3.46. The molecule has 0 fully saturated rings. The van der Waals surface area contributed by atoms with Gasteiger partial charge in [-0.3, -0.25) is 0 Å². The largest absolute Gasteiger partial charge is 0.444 e. The highest BCUT2D eigenvalue weighted by Crippen LogP contribution is 2.33. The van der Waals surface area contributed by atoms with Gasteiger partial charge in [0.05, 0.1) is 17.6 Å². The number of carbonyl (C=O) groups is 1. The summed E-state index contributed by atoms with van der Waals surface area (Å²) in [5, 5.41) is 10.5. The van der Waals surface area contributed by atoms with Gasteiger partial charge >= 0.3 is 6.09 Å². The van der Waals surface area contributed by atoms with Crippen LogP contribution in [0.25, 0.3) is 10.9 Å². The Morgan fingerprint density at radius 2 is 2.08 bits per heavy atom. The minimum absolute atomic E-state index is 0.0760. The number of rotatable bonds is 0. The Hall–Kier alpha value is -2.00. The highest BCUT2D eigenvalue weighted by Gasteiger charge is 2.30. The van der Waals surface area contributed by atoms with Crippen molar-refractivity contribution in [2.75, 3.05) is 6.54 Å². The van der Waals surface area contributed by atoms with E-state index in [0.717, 1.165) is 21.1 Å². The first kappa shape index (κ1) is 16.8. The third-order valence-electron chi connectivity index (χ3n) is 4.03. The Labute approximate surface area is 149 Å². The van der Waals surface area contributed by atoms with Gasteiger partial charge in [-0.1, -0.05) is 15.9 Å². The monoisotopic (exact) mass is 389 g/mol. The number of halogens is 1. The minimum Gasteiger partial charge on any atom is -0.444 e. The number of benzene rings is 1. The molecule has 5 nitrogen and oxygen atoms in total. The van der Waals surface area contributed by atoms with Crippen molar-refractivity contribution in [3.8, 4) is 6.07 Å². The zero-order valence-electron chi connectivity index (χ0n) is 14.3. The van der Waals surface area contributed by atoms with Crippen LogP contribution in [-0.2, 0) is 11.3 Å². The van der Waals surface area contributed by atoms with Crippen LogP contribution < -0.4 is 0 Å². The van der Waals surface area contributed by atoms with Gasteiger partial charge in [0.1, 0.15) is 11.7 Å². The number of aromatic nitrogens is 1. The fourth-order valence-corrected chi connectivity index (χ4v) is 3.70. The molecule has 1 aliphatic rings. The van der Waals surface area contributed by atoms with Crippen molar-refractivity contribution in [1.29, 1.82) is 5.26 Å². The smallest absolute Gasteiger partial charge is 0.410 e. The Morgan fingerprint density at radius 3 is 2.71 bits per heavy atom. The Balaban J connectivity index is 2.02. The maximum absolute atomic E-state index is 12.4. The highest BCUT2D eigenvalue weighted by atomic mass is 79.9. The summed E-state index contributed by atoms with van der Waals surface area (Å²) in [6, 6.07) is 8.24. The fraction of sp³-hybridized carbons (Fsp3) is 0.444. The number of nitriles is 1. The SMILES string of the molecule is CC1CN(C(=O)OC(C)(C)C)Cc2cc3cc(Br)cc(C#N)c3n21. The van der Waals surface area contributed by atoms with Gasteiger partial charge in [0.15, 0.2) is 0 Å². The number of hydrogen-bond acceptors (Lipinski definition) is 3. The van der Waals surface area contributed by atoms with Crippen molar-refractivity contribution in [3.63, 3.8) is 0 Å². The Morgan fingerprint density at radius 1 is 1.38 bits per heavy atom. The fourth-order valence-electron chi connectivity index (χ4n) is 3.23. The zero-order chi connectivity index (χ0) is 17.6. The lowest BCUT2D eigenvalue weighted by molar-refractivity contribution is 0.0176. The van der Waals surface area contributed by atoms with E-state index in [1.165, 1.54) is 0 Å². The summed E-state index contributed by atoms with van der Waals surface area (Å²) in [6.07, 6.45) is -0.299. The van der Waals surface area contributed by atoms with E-state index in [9.17, 15) is 10.1 Å². The highest BCUT2D eigenvalue weighted by molar-refractivity contribution is 9.10. The average molecular weight is 390 g/mol. The number of fused-ring (bicyclic) bond motifs is 3. The molecule has 126 valence electrons. The maximum atomic E-state index is 12.4. The molecule has 3 rings (SSSR count). The second-order valence-electron chi connectivity index (χ2n) is 7.22. The van der Waals surface area contributed by atoms with Crippen LogP contribution in [0.5, 0.6) is 0 Å².